The number of nitrogens with zero attached hydrogens (tertiary/aromatic N) is 1. The molecule has 0 saturated heterocycles. The van der Waals surface area contributed by atoms with Crippen molar-refractivity contribution in [2.75, 3.05) is 6.61 Å². The number of carbonyl (C=O) groups excluding carboxylic acids is 4. The Kier molecular flexibility index (Phi) is 6.52. The summed E-state index contributed by atoms with van der Waals surface area (Å²) < 4.78 is 5.12. The summed E-state index contributed by atoms with van der Waals surface area (Å²) in [4.78, 5) is 51.0. The summed E-state index contributed by atoms with van der Waals surface area (Å²) in [6.07, 6.45) is 0. The van der Waals surface area contributed by atoms with Crippen molar-refractivity contribution in [1.29, 1.82) is 0 Å². The average molecular weight is 429 g/mol. The maximum absolute atomic E-state index is 12.7. The third kappa shape index (κ3) is 4.52. The van der Waals surface area contributed by atoms with Gasteiger partial charge in [0.15, 0.2) is 6.61 Å². The van der Waals surface area contributed by atoms with Gasteiger partial charge in [0.25, 0.3) is 17.7 Å². The van der Waals surface area contributed by atoms with E-state index in [0.29, 0.717) is 5.02 Å². The lowest BCUT2D eigenvalue weighted by Crippen LogP contribution is -2.49. The predicted molar refractivity (Wildman–Crippen MR) is 110 cm³/mol. The zero-order chi connectivity index (χ0) is 21.8. The number of fused-ring (bicyclic) bond motifs is 1. The topological polar surface area (TPSA) is 92.8 Å². The lowest BCUT2D eigenvalue weighted by molar-refractivity contribution is -0.153. The van der Waals surface area contributed by atoms with E-state index < -0.39 is 42.3 Å². The molecule has 1 heterocycles. The molecule has 0 bridgehead atoms. The molecule has 0 unspecified atom stereocenters. The molecule has 1 atom stereocenters. The fourth-order valence-electron chi connectivity index (χ4n) is 3.21. The molecule has 7 nitrogen and oxygen atoms in total. The van der Waals surface area contributed by atoms with E-state index in [-0.39, 0.29) is 17.7 Å². The molecule has 3 amide bonds. The first-order valence-electron chi connectivity index (χ1n) is 9.44. The highest BCUT2D eigenvalue weighted by Gasteiger charge is 2.44. The number of hydrogen-bond donors (Lipinski definition) is 1. The van der Waals surface area contributed by atoms with E-state index in [1.807, 2.05) is 0 Å². The van der Waals surface area contributed by atoms with Crippen molar-refractivity contribution in [3.8, 4) is 0 Å². The van der Waals surface area contributed by atoms with Crippen LogP contribution in [-0.2, 0) is 20.9 Å². The number of amides is 3. The minimum Gasteiger partial charge on any atom is -0.454 e. The van der Waals surface area contributed by atoms with Gasteiger partial charge >= 0.3 is 5.97 Å². The molecule has 0 aromatic heterocycles. The summed E-state index contributed by atoms with van der Waals surface area (Å²) in [6.45, 7) is 3.14. The monoisotopic (exact) mass is 428 g/mol. The standard InChI is InChI=1S/C22H21ClN2O5/c1-13(2)19(25-20(27)16-5-3-4-6-17(16)21(25)28)22(29)30-12-18(26)24-11-14-7-9-15(23)10-8-14/h3-10,13,19H,11-12H2,1-2H3,(H,24,26)/t19-/m0/s1. The summed E-state index contributed by atoms with van der Waals surface area (Å²) in [5, 5.41) is 3.23. The number of esters is 1. The minimum atomic E-state index is -1.12. The molecule has 3 rings (SSSR count). The van der Waals surface area contributed by atoms with Crippen LogP contribution in [0.4, 0.5) is 0 Å². The molecular formula is C22H21ClN2O5. The third-order valence-corrected chi connectivity index (χ3v) is 4.98. The van der Waals surface area contributed by atoms with Crippen molar-refractivity contribution in [3.05, 3.63) is 70.2 Å². The van der Waals surface area contributed by atoms with Crippen LogP contribution in [0.25, 0.3) is 0 Å². The molecule has 1 aliphatic rings. The fourth-order valence-corrected chi connectivity index (χ4v) is 3.34. The van der Waals surface area contributed by atoms with Crippen molar-refractivity contribution in [3.63, 3.8) is 0 Å². The lowest BCUT2D eigenvalue weighted by atomic mass is 10.0. The zero-order valence-corrected chi connectivity index (χ0v) is 17.3. The second-order valence-electron chi connectivity index (χ2n) is 7.23. The third-order valence-electron chi connectivity index (χ3n) is 4.73. The van der Waals surface area contributed by atoms with Crippen LogP contribution in [0.1, 0.15) is 40.1 Å². The molecule has 0 radical (unpaired) electrons. The number of carbonyl (C=O) groups is 4. The maximum atomic E-state index is 12.7. The first-order valence-corrected chi connectivity index (χ1v) is 9.82. The normalized spacial score (nSPS) is 13.9. The van der Waals surface area contributed by atoms with Crippen LogP contribution in [0.15, 0.2) is 48.5 Å². The molecule has 0 saturated carbocycles. The maximum Gasteiger partial charge on any atom is 0.330 e. The van der Waals surface area contributed by atoms with Gasteiger partial charge in [0.1, 0.15) is 6.04 Å². The van der Waals surface area contributed by atoms with Crippen LogP contribution in [0, 0.1) is 5.92 Å². The van der Waals surface area contributed by atoms with Crippen LogP contribution in [0.2, 0.25) is 5.02 Å². The molecule has 0 fully saturated rings. The Hall–Kier alpha value is -3.19. The zero-order valence-electron chi connectivity index (χ0n) is 16.6. The number of hydrogen-bond acceptors (Lipinski definition) is 5. The quantitative estimate of drug-likeness (QED) is 0.540. The summed E-state index contributed by atoms with van der Waals surface area (Å²) in [5.41, 5.74) is 1.34. The Morgan fingerprint density at radius 3 is 2.10 bits per heavy atom. The highest BCUT2D eigenvalue weighted by atomic mass is 35.5. The summed E-state index contributed by atoms with van der Waals surface area (Å²) >= 11 is 5.82. The Labute approximate surface area is 179 Å². The molecule has 1 N–H and O–H groups in total. The van der Waals surface area contributed by atoms with Crippen molar-refractivity contribution in [2.45, 2.75) is 26.4 Å². The minimum absolute atomic E-state index is 0.250. The smallest absolute Gasteiger partial charge is 0.330 e. The van der Waals surface area contributed by atoms with Crippen molar-refractivity contribution in [1.82, 2.24) is 10.2 Å². The molecule has 156 valence electrons. The van der Waals surface area contributed by atoms with Gasteiger partial charge in [-0.05, 0) is 35.7 Å². The summed E-state index contributed by atoms with van der Waals surface area (Å²) in [7, 11) is 0. The number of imide groups is 1. The van der Waals surface area contributed by atoms with Crippen LogP contribution in [0.5, 0.6) is 0 Å². The van der Waals surface area contributed by atoms with Crippen LogP contribution in [-0.4, -0.2) is 41.2 Å². The van der Waals surface area contributed by atoms with Gasteiger partial charge in [0, 0.05) is 11.6 Å². The molecule has 0 spiro atoms. The Morgan fingerprint density at radius 1 is 1.00 bits per heavy atom. The van der Waals surface area contributed by atoms with Crippen LogP contribution >= 0.6 is 11.6 Å². The van der Waals surface area contributed by atoms with Gasteiger partial charge < -0.3 is 10.1 Å². The largest absolute Gasteiger partial charge is 0.454 e. The highest BCUT2D eigenvalue weighted by Crippen LogP contribution is 2.27. The van der Waals surface area contributed by atoms with Crippen molar-refractivity contribution < 1.29 is 23.9 Å². The van der Waals surface area contributed by atoms with E-state index >= 15 is 0 Å². The van der Waals surface area contributed by atoms with Gasteiger partial charge in [0.05, 0.1) is 11.1 Å². The highest BCUT2D eigenvalue weighted by molar-refractivity contribution is 6.30. The number of ether oxygens (including phenoxy) is 1. The molecule has 1 aliphatic heterocycles. The van der Waals surface area contributed by atoms with Gasteiger partial charge in [-0.15, -0.1) is 0 Å². The van der Waals surface area contributed by atoms with E-state index in [0.717, 1.165) is 10.5 Å². The van der Waals surface area contributed by atoms with Crippen LogP contribution in [0.3, 0.4) is 0 Å². The fraction of sp³-hybridized carbons (Fsp3) is 0.273. The van der Waals surface area contributed by atoms with Gasteiger partial charge in [-0.3, -0.25) is 19.3 Å². The van der Waals surface area contributed by atoms with Gasteiger partial charge in [-0.25, -0.2) is 4.79 Å². The molecule has 2 aromatic rings. The van der Waals surface area contributed by atoms with E-state index in [4.69, 9.17) is 16.3 Å². The predicted octanol–water partition coefficient (Wildman–Crippen LogP) is 2.82. The second kappa shape index (κ2) is 9.09. The lowest BCUT2D eigenvalue weighted by Gasteiger charge is -2.27. The molecule has 30 heavy (non-hydrogen) atoms. The van der Waals surface area contributed by atoms with Crippen molar-refractivity contribution >= 4 is 35.3 Å². The number of rotatable bonds is 7. The number of halogens is 1. The summed E-state index contributed by atoms with van der Waals surface area (Å²) in [5.74, 6) is -2.78. The Morgan fingerprint density at radius 2 is 1.57 bits per heavy atom. The van der Waals surface area contributed by atoms with E-state index in [1.165, 1.54) is 0 Å². The first kappa shape index (κ1) is 21.5. The van der Waals surface area contributed by atoms with E-state index in [1.54, 1.807) is 62.4 Å². The Bertz CT molecular complexity index is 952. The van der Waals surface area contributed by atoms with Gasteiger partial charge in [-0.1, -0.05) is 49.7 Å². The van der Waals surface area contributed by atoms with E-state index in [9.17, 15) is 19.2 Å². The van der Waals surface area contributed by atoms with Crippen molar-refractivity contribution in [2.24, 2.45) is 5.92 Å². The van der Waals surface area contributed by atoms with Crippen LogP contribution < -0.4 is 5.32 Å². The van der Waals surface area contributed by atoms with E-state index in [2.05, 4.69) is 5.32 Å². The number of nitrogens with one attached hydrogen (secondary N) is 1. The molecule has 2 aromatic carbocycles. The SMILES string of the molecule is CC(C)[C@@H](C(=O)OCC(=O)NCc1ccc(Cl)cc1)N1C(=O)c2ccccc2C1=O. The molecule has 0 aliphatic carbocycles. The average Bonchev–Trinajstić information content (AvgIpc) is 2.97. The second-order valence-corrected chi connectivity index (χ2v) is 7.66. The summed E-state index contributed by atoms with van der Waals surface area (Å²) in [6, 6.07) is 12.2. The Balaban J connectivity index is 1.61. The number of benzene rings is 2. The van der Waals surface area contributed by atoms with Gasteiger partial charge in [-0.2, -0.15) is 0 Å². The van der Waals surface area contributed by atoms with Gasteiger partial charge in [0.2, 0.25) is 0 Å². The molecular weight excluding hydrogens is 408 g/mol. The molecule has 8 heteroatoms. The first-order chi connectivity index (χ1) is 14.3.